The van der Waals surface area contributed by atoms with E-state index in [9.17, 15) is 9.59 Å². The quantitative estimate of drug-likeness (QED) is 0.712. The van der Waals surface area contributed by atoms with E-state index in [4.69, 9.17) is 4.43 Å². The average molecular weight is 401 g/mol. The van der Waals surface area contributed by atoms with Crippen molar-refractivity contribution in [3.05, 3.63) is 67.5 Å². The molecule has 6 heteroatoms. The number of nitrogens with one attached hydrogen (secondary N) is 2. The van der Waals surface area contributed by atoms with Crippen molar-refractivity contribution in [2.24, 2.45) is 0 Å². The van der Waals surface area contributed by atoms with Crippen molar-refractivity contribution < 1.29 is 4.43 Å². The van der Waals surface area contributed by atoms with Crippen LogP contribution in [0.2, 0.25) is 18.1 Å². The van der Waals surface area contributed by atoms with Gasteiger partial charge in [0.05, 0.1) is 6.10 Å². The molecule has 152 valence electrons. The van der Waals surface area contributed by atoms with E-state index in [1.807, 2.05) is 6.07 Å². The minimum absolute atomic E-state index is 0.0362. The van der Waals surface area contributed by atoms with Crippen molar-refractivity contribution in [1.29, 1.82) is 0 Å². The summed E-state index contributed by atoms with van der Waals surface area (Å²) >= 11 is 0. The van der Waals surface area contributed by atoms with Crippen LogP contribution in [0.3, 0.4) is 0 Å². The van der Waals surface area contributed by atoms with E-state index < -0.39 is 8.32 Å². The standard InChI is InChI=1S/C22H32N2O3Si/c1-22(2,3)28(4,5)27-19(13-12-16-9-7-11-20(25)23-16)17-14-15-8-6-10-18(15)24-21(17)26/h7,9,11,14,19H,6,8,10,12-13H2,1-5H3,(H,23,25)(H,24,26)/t19-/m0/s1. The first-order chi connectivity index (χ1) is 13.1. The summed E-state index contributed by atoms with van der Waals surface area (Å²) in [6.45, 7) is 11.0. The van der Waals surface area contributed by atoms with Gasteiger partial charge in [0.15, 0.2) is 8.32 Å². The molecule has 0 aliphatic heterocycles. The number of fused-ring (bicyclic) bond motifs is 1. The highest BCUT2D eigenvalue weighted by Crippen LogP contribution is 2.40. The topological polar surface area (TPSA) is 75.0 Å². The molecule has 0 fully saturated rings. The van der Waals surface area contributed by atoms with Gasteiger partial charge in [-0.25, -0.2) is 0 Å². The van der Waals surface area contributed by atoms with E-state index >= 15 is 0 Å². The first-order valence-electron chi connectivity index (χ1n) is 10.2. The van der Waals surface area contributed by atoms with Gasteiger partial charge >= 0.3 is 0 Å². The second-order valence-corrected chi connectivity index (χ2v) is 14.1. The zero-order valence-electron chi connectivity index (χ0n) is 17.6. The number of aromatic amines is 2. The van der Waals surface area contributed by atoms with Crippen molar-refractivity contribution in [2.45, 2.75) is 77.1 Å². The molecule has 0 spiro atoms. The van der Waals surface area contributed by atoms with Gasteiger partial charge in [-0.1, -0.05) is 26.8 Å². The normalized spacial score (nSPS) is 15.5. The average Bonchev–Trinajstić information content (AvgIpc) is 3.04. The number of aryl methyl sites for hydroxylation is 3. The van der Waals surface area contributed by atoms with E-state index in [1.54, 1.807) is 6.07 Å². The first kappa shape index (κ1) is 20.8. The summed E-state index contributed by atoms with van der Waals surface area (Å²) in [6, 6.07) is 7.25. The van der Waals surface area contributed by atoms with Gasteiger partial charge < -0.3 is 14.4 Å². The second-order valence-electron chi connectivity index (χ2n) is 9.36. The molecule has 0 radical (unpaired) electrons. The third-order valence-electron chi connectivity index (χ3n) is 6.21. The predicted octanol–water partition coefficient (Wildman–Crippen LogP) is 4.25. The number of hydrogen-bond acceptors (Lipinski definition) is 3. The summed E-state index contributed by atoms with van der Waals surface area (Å²) in [6.07, 6.45) is 4.09. The molecular formula is C22H32N2O3Si. The number of hydrogen-bond donors (Lipinski definition) is 2. The molecule has 0 saturated carbocycles. The Morgan fingerprint density at radius 1 is 1.14 bits per heavy atom. The fraction of sp³-hybridized carbons (Fsp3) is 0.545. The Morgan fingerprint density at radius 2 is 1.89 bits per heavy atom. The van der Waals surface area contributed by atoms with Gasteiger partial charge in [-0.05, 0) is 67.9 Å². The Kier molecular flexibility index (Phi) is 5.82. The lowest BCUT2D eigenvalue weighted by atomic mass is 10.0. The van der Waals surface area contributed by atoms with E-state index in [0.717, 1.165) is 36.2 Å². The summed E-state index contributed by atoms with van der Waals surface area (Å²) in [5, 5.41) is 0.0514. The fourth-order valence-electron chi connectivity index (χ4n) is 3.51. The molecule has 3 rings (SSSR count). The summed E-state index contributed by atoms with van der Waals surface area (Å²) in [7, 11) is -2.07. The van der Waals surface area contributed by atoms with E-state index in [1.165, 1.54) is 11.6 Å². The molecule has 1 aliphatic rings. The Balaban J connectivity index is 1.92. The Morgan fingerprint density at radius 3 is 2.57 bits per heavy atom. The van der Waals surface area contributed by atoms with Crippen molar-refractivity contribution in [3.63, 3.8) is 0 Å². The van der Waals surface area contributed by atoms with Gasteiger partial charge in [-0.2, -0.15) is 0 Å². The third-order valence-corrected chi connectivity index (χ3v) is 10.7. The van der Waals surface area contributed by atoms with Crippen LogP contribution in [-0.2, 0) is 23.7 Å². The molecule has 2 N–H and O–H groups in total. The summed E-state index contributed by atoms with van der Waals surface area (Å²) in [5.41, 5.74) is 3.78. The number of rotatable bonds is 6. The minimum Gasteiger partial charge on any atom is -0.410 e. The van der Waals surface area contributed by atoms with Crippen molar-refractivity contribution in [2.75, 3.05) is 0 Å². The molecule has 2 heterocycles. The molecule has 0 unspecified atom stereocenters. The molecule has 0 aromatic carbocycles. The number of pyridine rings is 2. The van der Waals surface area contributed by atoms with Crippen molar-refractivity contribution >= 4 is 8.32 Å². The van der Waals surface area contributed by atoms with Crippen LogP contribution in [0.4, 0.5) is 0 Å². The van der Waals surface area contributed by atoms with Crippen LogP contribution in [0, 0.1) is 0 Å². The van der Waals surface area contributed by atoms with Crippen molar-refractivity contribution in [3.8, 4) is 0 Å². The third kappa shape index (κ3) is 4.55. The predicted molar refractivity (Wildman–Crippen MR) is 115 cm³/mol. The maximum absolute atomic E-state index is 12.8. The lowest BCUT2D eigenvalue weighted by Crippen LogP contribution is -2.42. The Hall–Kier alpha value is -1.92. The van der Waals surface area contributed by atoms with Crippen LogP contribution in [0.1, 0.15) is 62.2 Å². The number of H-pyrrole nitrogens is 2. The molecule has 2 aromatic heterocycles. The van der Waals surface area contributed by atoms with Gasteiger partial charge in [-0.15, -0.1) is 0 Å². The zero-order chi connectivity index (χ0) is 20.5. The van der Waals surface area contributed by atoms with E-state index in [2.05, 4.69) is 49.9 Å². The monoisotopic (exact) mass is 400 g/mol. The second kappa shape index (κ2) is 7.83. The van der Waals surface area contributed by atoms with Gasteiger partial charge in [0, 0.05) is 23.0 Å². The van der Waals surface area contributed by atoms with Crippen LogP contribution in [0.5, 0.6) is 0 Å². The molecule has 0 amide bonds. The number of aromatic nitrogens is 2. The van der Waals surface area contributed by atoms with Crippen LogP contribution < -0.4 is 11.1 Å². The molecule has 5 nitrogen and oxygen atoms in total. The molecule has 28 heavy (non-hydrogen) atoms. The lowest BCUT2D eigenvalue weighted by Gasteiger charge is -2.39. The maximum atomic E-state index is 12.8. The SMILES string of the molecule is CC(C)(C)[Si](C)(C)O[C@@H](CCc1cccc(=O)[nH]1)c1cc2c([nH]c1=O)CCC2. The molecular weight excluding hydrogens is 368 g/mol. The fourth-order valence-corrected chi connectivity index (χ4v) is 4.82. The summed E-state index contributed by atoms with van der Waals surface area (Å²) < 4.78 is 6.71. The highest BCUT2D eigenvalue weighted by molar-refractivity contribution is 6.74. The van der Waals surface area contributed by atoms with Crippen LogP contribution in [-0.4, -0.2) is 18.3 Å². The smallest absolute Gasteiger partial charge is 0.253 e. The highest BCUT2D eigenvalue weighted by atomic mass is 28.4. The summed E-state index contributed by atoms with van der Waals surface area (Å²) in [5.74, 6) is 0. The van der Waals surface area contributed by atoms with E-state index in [-0.39, 0.29) is 22.3 Å². The summed E-state index contributed by atoms with van der Waals surface area (Å²) in [4.78, 5) is 30.4. The van der Waals surface area contributed by atoms with E-state index in [0.29, 0.717) is 12.8 Å². The largest absolute Gasteiger partial charge is 0.410 e. The molecule has 1 atom stereocenters. The molecule has 0 bridgehead atoms. The van der Waals surface area contributed by atoms with Crippen molar-refractivity contribution in [1.82, 2.24) is 9.97 Å². The van der Waals surface area contributed by atoms with Gasteiger partial charge in [0.2, 0.25) is 5.56 Å². The molecule has 2 aromatic rings. The van der Waals surface area contributed by atoms with Crippen LogP contribution in [0.15, 0.2) is 33.9 Å². The van der Waals surface area contributed by atoms with Gasteiger partial charge in [-0.3, -0.25) is 9.59 Å². The molecule has 1 aliphatic carbocycles. The van der Waals surface area contributed by atoms with Gasteiger partial charge in [0.1, 0.15) is 0 Å². The van der Waals surface area contributed by atoms with Crippen LogP contribution >= 0.6 is 0 Å². The Labute approximate surface area is 167 Å². The zero-order valence-corrected chi connectivity index (χ0v) is 18.6. The maximum Gasteiger partial charge on any atom is 0.253 e. The van der Waals surface area contributed by atoms with Crippen LogP contribution in [0.25, 0.3) is 0 Å². The minimum atomic E-state index is -2.07. The highest BCUT2D eigenvalue weighted by Gasteiger charge is 2.40. The first-order valence-corrected chi connectivity index (χ1v) is 13.1. The Bertz CT molecular complexity index is 953. The lowest BCUT2D eigenvalue weighted by molar-refractivity contribution is 0.172. The molecule has 0 saturated heterocycles. The van der Waals surface area contributed by atoms with Gasteiger partial charge in [0.25, 0.3) is 5.56 Å².